The summed E-state index contributed by atoms with van der Waals surface area (Å²) in [6.07, 6.45) is -4.56. The fourth-order valence-electron chi connectivity index (χ4n) is 1.66. The summed E-state index contributed by atoms with van der Waals surface area (Å²) in [5.41, 5.74) is 3.27. The van der Waals surface area contributed by atoms with Crippen molar-refractivity contribution < 1.29 is 13.2 Å². The SMILES string of the molecule is FC(F)(F)c1nnc2n1NC(=Nc1ccccc1)CS2. The van der Waals surface area contributed by atoms with Crippen molar-refractivity contribution in [1.82, 2.24) is 14.9 Å². The van der Waals surface area contributed by atoms with Crippen molar-refractivity contribution in [3.8, 4) is 0 Å². The van der Waals surface area contributed by atoms with Gasteiger partial charge in [0.2, 0.25) is 5.16 Å². The van der Waals surface area contributed by atoms with Crippen LogP contribution < -0.4 is 5.43 Å². The molecule has 1 aromatic carbocycles. The van der Waals surface area contributed by atoms with Crippen LogP contribution in [-0.4, -0.2) is 26.5 Å². The summed E-state index contributed by atoms with van der Waals surface area (Å²) in [4.78, 5) is 4.26. The summed E-state index contributed by atoms with van der Waals surface area (Å²) >= 11 is 1.15. The summed E-state index contributed by atoms with van der Waals surface area (Å²) in [5.74, 6) is -0.260. The smallest absolute Gasteiger partial charge is 0.276 e. The number of para-hydroxylation sites is 1. The number of rotatable bonds is 1. The van der Waals surface area contributed by atoms with Crippen LogP contribution in [0.5, 0.6) is 0 Å². The molecule has 0 radical (unpaired) electrons. The molecule has 1 N–H and O–H groups in total. The van der Waals surface area contributed by atoms with Gasteiger partial charge in [0.25, 0.3) is 5.82 Å². The van der Waals surface area contributed by atoms with Crippen LogP contribution in [0.4, 0.5) is 18.9 Å². The number of hydrogen-bond donors (Lipinski definition) is 1. The number of fused-ring (bicyclic) bond motifs is 1. The van der Waals surface area contributed by atoms with E-state index in [2.05, 4.69) is 20.6 Å². The molecule has 104 valence electrons. The monoisotopic (exact) mass is 299 g/mol. The minimum atomic E-state index is -4.56. The van der Waals surface area contributed by atoms with Crippen LogP contribution in [0.2, 0.25) is 0 Å². The Morgan fingerprint density at radius 3 is 2.65 bits per heavy atom. The van der Waals surface area contributed by atoms with Crippen LogP contribution >= 0.6 is 11.8 Å². The van der Waals surface area contributed by atoms with Gasteiger partial charge in [0, 0.05) is 0 Å². The number of nitrogens with zero attached hydrogens (tertiary/aromatic N) is 4. The molecule has 0 saturated carbocycles. The molecule has 0 bridgehead atoms. The molecule has 9 heteroatoms. The van der Waals surface area contributed by atoms with Crippen molar-refractivity contribution in [3.05, 3.63) is 36.2 Å². The summed E-state index contributed by atoms with van der Waals surface area (Å²) < 4.78 is 39.1. The van der Waals surface area contributed by atoms with Gasteiger partial charge in [-0.25, -0.2) is 9.67 Å². The topological polar surface area (TPSA) is 55.1 Å². The van der Waals surface area contributed by atoms with Crippen LogP contribution in [-0.2, 0) is 6.18 Å². The molecule has 3 rings (SSSR count). The van der Waals surface area contributed by atoms with E-state index >= 15 is 0 Å². The highest BCUT2D eigenvalue weighted by atomic mass is 32.2. The van der Waals surface area contributed by atoms with E-state index in [4.69, 9.17) is 0 Å². The van der Waals surface area contributed by atoms with E-state index in [0.717, 1.165) is 16.4 Å². The first-order valence-electron chi connectivity index (χ1n) is 5.59. The zero-order valence-corrected chi connectivity index (χ0v) is 10.7. The fourth-order valence-corrected chi connectivity index (χ4v) is 2.41. The molecule has 5 nitrogen and oxygen atoms in total. The molecular weight excluding hydrogens is 291 g/mol. The molecule has 0 saturated heterocycles. The molecule has 20 heavy (non-hydrogen) atoms. The second kappa shape index (κ2) is 4.82. The number of aromatic nitrogens is 3. The summed E-state index contributed by atoms with van der Waals surface area (Å²) in [6, 6.07) is 8.99. The Labute approximate surface area is 115 Å². The maximum Gasteiger partial charge on any atom is 0.453 e. The molecule has 2 heterocycles. The number of aliphatic imine (C=N–C) groups is 1. The van der Waals surface area contributed by atoms with Crippen molar-refractivity contribution in [2.45, 2.75) is 11.3 Å². The van der Waals surface area contributed by atoms with Gasteiger partial charge in [-0.2, -0.15) is 13.2 Å². The fraction of sp³-hybridized carbons (Fsp3) is 0.182. The molecule has 1 aliphatic heterocycles. The van der Waals surface area contributed by atoms with Gasteiger partial charge in [-0.15, -0.1) is 10.2 Å². The van der Waals surface area contributed by atoms with E-state index in [-0.39, 0.29) is 5.16 Å². The molecule has 0 amide bonds. The lowest BCUT2D eigenvalue weighted by Gasteiger charge is -2.19. The first-order valence-corrected chi connectivity index (χ1v) is 6.57. The first kappa shape index (κ1) is 13.0. The second-order valence-corrected chi connectivity index (χ2v) is 4.88. The Hall–Kier alpha value is -2.03. The number of hydrogen-bond acceptors (Lipinski definition) is 4. The summed E-state index contributed by atoms with van der Waals surface area (Å²) in [5, 5.41) is 6.83. The quantitative estimate of drug-likeness (QED) is 0.879. The van der Waals surface area contributed by atoms with E-state index in [1.807, 2.05) is 6.07 Å². The van der Waals surface area contributed by atoms with Crippen LogP contribution in [0, 0.1) is 0 Å². The Kier molecular flexibility index (Phi) is 3.13. The molecule has 0 aliphatic carbocycles. The number of alkyl halides is 3. The molecule has 2 aromatic rings. The van der Waals surface area contributed by atoms with E-state index < -0.39 is 12.0 Å². The number of halogens is 3. The van der Waals surface area contributed by atoms with Gasteiger partial charge in [-0.1, -0.05) is 30.0 Å². The average Bonchev–Trinajstić information content (AvgIpc) is 2.83. The van der Waals surface area contributed by atoms with Crippen molar-refractivity contribution in [1.29, 1.82) is 0 Å². The van der Waals surface area contributed by atoms with Gasteiger partial charge in [-0.3, -0.25) is 5.43 Å². The minimum Gasteiger partial charge on any atom is -0.276 e. The third-order valence-corrected chi connectivity index (χ3v) is 3.43. The van der Waals surface area contributed by atoms with Gasteiger partial charge >= 0.3 is 6.18 Å². The number of thioether (sulfide) groups is 1. The third kappa shape index (κ3) is 2.48. The predicted molar refractivity (Wildman–Crippen MR) is 68.6 cm³/mol. The molecule has 0 unspecified atom stereocenters. The molecule has 0 fully saturated rings. The third-order valence-electron chi connectivity index (χ3n) is 2.49. The largest absolute Gasteiger partial charge is 0.453 e. The highest BCUT2D eigenvalue weighted by molar-refractivity contribution is 7.99. The van der Waals surface area contributed by atoms with Crippen molar-refractivity contribution in [3.63, 3.8) is 0 Å². The van der Waals surface area contributed by atoms with Crippen LogP contribution in [0.3, 0.4) is 0 Å². The molecule has 1 aliphatic rings. The summed E-state index contributed by atoms with van der Waals surface area (Å²) in [6.45, 7) is 0. The maximum absolute atomic E-state index is 12.8. The van der Waals surface area contributed by atoms with Crippen molar-refractivity contribution in [2.24, 2.45) is 4.99 Å². The lowest BCUT2D eigenvalue weighted by atomic mass is 10.3. The Balaban J connectivity index is 1.92. The minimum absolute atomic E-state index is 0.171. The standard InChI is InChI=1S/C11H8F3N5S/c12-11(13,14)9-16-17-10-19(9)18-8(6-20-10)15-7-4-2-1-3-5-7/h1-5H,6H2,(H,15,18). The average molecular weight is 299 g/mol. The Morgan fingerprint density at radius 2 is 1.95 bits per heavy atom. The lowest BCUT2D eigenvalue weighted by molar-refractivity contribution is -0.146. The van der Waals surface area contributed by atoms with E-state index in [9.17, 15) is 13.2 Å². The highest BCUT2D eigenvalue weighted by Gasteiger charge is 2.40. The van der Waals surface area contributed by atoms with E-state index in [1.165, 1.54) is 0 Å². The maximum atomic E-state index is 12.8. The van der Waals surface area contributed by atoms with Crippen LogP contribution in [0.15, 0.2) is 40.5 Å². The van der Waals surface area contributed by atoms with Crippen molar-refractivity contribution >= 4 is 23.3 Å². The number of benzene rings is 1. The highest BCUT2D eigenvalue weighted by Crippen LogP contribution is 2.31. The molecule has 0 spiro atoms. The number of amidine groups is 1. The number of nitrogens with one attached hydrogen (secondary N) is 1. The van der Waals surface area contributed by atoms with Gasteiger partial charge in [-0.05, 0) is 12.1 Å². The van der Waals surface area contributed by atoms with E-state index in [1.54, 1.807) is 24.3 Å². The Morgan fingerprint density at radius 1 is 1.20 bits per heavy atom. The predicted octanol–water partition coefficient (Wildman–Crippen LogP) is 2.68. The van der Waals surface area contributed by atoms with Crippen LogP contribution in [0.1, 0.15) is 5.82 Å². The zero-order valence-electron chi connectivity index (χ0n) is 9.92. The van der Waals surface area contributed by atoms with Gasteiger partial charge in [0.05, 0.1) is 11.4 Å². The normalized spacial score (nSPS) is 16.9. The van der Waals surface area contributed by atoms with E-state index in [0.29, 0.717) is 17.3 Å². The lowest BCUT2D eigenvalue weighted by Crippen LogP contribution is -2.33. The molecule has 1 aromatic heterocycles. The summed E-state index contributed by atoms with van der Waals surface area (Å²) in [7, 11) is 0. The van der Waals surface area contributed by atoms with Crippen LogP contribution in [0.25, 0.3) is 0 Å². The zero-order chi connectivity index (χ0) is 14.2. The molecular formula is C11H8F3N5S. The Bertz CT molecular complexity index is 650. The van der Waals surface area contributed by atoms with Gasteiger partial charge < -0.3 is 0 Å². The van der Waals surface area contributed by atoms with Crippen molar-refractivity contribution in [2.75, 3.05) is 11.2 Å². The van der Waals surface area contributed by atoms with Gasteiger partial charge in [0.1, 0.15) is 5.84 Å². The van der Waals surface area contributed by atoms with Gasteiger partial charge in [0.15, 0.2) is 0 Å². The molecule has 0 atom stereocenters. The first-order chi connectivity index (χ1) is 9.54. The second-order valence-electron chi connectivity index (χ2n) is 3.93.